The van der Waals surface area contributed by atoms with Crippen molar-refractivity contribution in [2.45, 2.75) is 45.3 Å². The number of aryl methyl sites for hydroxylation is 1. The number of hydrogen-bond acceptors (Lipinski definition) is 5. The summed E-state index contributed by atoms with van der Waals surface area (Å²) in [5.41, 5.74) is 6.16. The summed E-state index contributed by atoms with van der Waals surface area (Å²) >= 11 is 5.91. The number of para-hydroxylation sites is 1. The summed E-state index contributed by atoms with van der Waals surface area (Å²) in [5.74, 6) is 0. The fraction of sp³-hybridized carbons (Fsp3) is 0.467. The lowest BCUT2D eigenvalue weighted by Gasteiger charge is -2.28. The van der Waals surface area contributed by atoms with Crippen LogP contribution in [-0.4, -0.2) is 70.4 Å². The molecule has 2 atom stereocenters. The van der Waals surface area contributed by atoms with E-state index in [4.69, 9.17) is 21.9 Å². The van der Waals surface area contributed by atoms with E-state index in [-0.39, 0.29) is 12.1 Å². The fourth-order valence-corrected chi connectivity index (χ4v) is 6.10. The average molecular weight is 533 g/mol. The normalized spacial score (nSPS) is 20.1. The zero-order valence-corrected chi connectivity index (χ0v) is 23.4. The zero-order chi connectivity index (χ0) is 26.3. The Bertz CT molecular complexity index is 1180. The molecule has 0 spiro atoms. The van der Waals surface area contributed by atoms with E-state index >= 15 is 0 Å². The molecule has 7 nitrogen and oxygen atoms in total. The molecule has 5 rings (SSSR count). The second-order valence-electron chi connectivity index (χ2n) is 10.3. The predicted octanol–water partition coefficient (Wildman–Crippen LogP) is 4.70. The molecule has 3 aromatic rings. The maximum absolute atomic E-state index is 5.91. The molecule has 202 valence electrons. The minimum atomic E-state index is 0.0214. The number of anilines is 1. The first kappa shape index (κ1) is 26.7. The Morgan fingerprint density at radius 1 is 1.00 bits per heavy atom. The highest BCUT2D eigenvalue weighted by molar-refractivity contribution is 7.80. The van der Waals surface area contributed by atoms with Crippen LogP contribution in [0, 0.1) is 13.8 Å². The molecule has 0 saturated carbocycles. The van der Waals surface area contributed by atoms with Gasteiger partial charge in [-0.3, -0.25) is 9.88 Å². The van der Waals surface area contributed by atoms with Crippen molar-refractivity contribution in [3.05, 3.63) is 83.4 Å². The molecular formula is C30H40N6OS. The van der Waals surface area contributed by atoms with Crippen LogP contribution >= 0.6 is 12.2 Å². The molecule has 4 heterocycles. The van der Waals surface area contributed by atoms with Crippen molar-refractivity contribution in [2.24, 2.45) is 0 Å². The van der Waals surface area contributed by atoms with E-state index in [1.165, 1.54) is 17.0 Å². The Balaban J connectivity index is 1.32. The molecule has 0 bridgehead atoms. The third kappa shape index (κ3) is 6.20. The second kappa shape index (κ2) is 12.7. The highest BCUT2D eigenvalue weighted by Crippen LogP contribution is 2.40. The van der Waals surface area contributed by atoms with Gasteiger partial charge in [-0.1, -0.05) is 24.3 Å². The van der Waals surface area contributed by atoms with Crippen LogP contribution in [0.1, 0.15) is 47.6 Å². The fourth-order valence-electron chi connectivity index (χ4n) is 5.77. The Morgan fingerprint density at radius 3 is 2.55 bits per heavy atom. The summed E-state index contributed by atoms with van der Waals surface area (Å²) in [7, 11) is 0. The number of rotatable bonds is 11. The molecule has 8 heteroatoms. The third-order valence-corrected chi connectivity index (χ3v) is 8.12. The van der Waals surface area contributed by atoms with Crippen molar-refractivity contribution in [2.75, 3.05) is 51.3 Å². The minimum Gasteiger partial charge on any atom is -0.385 e. The zero-order valence-electron chi connectivity index (χ0n) is 22.6. The van der Waals surface area contributed by atoms with E-state index < -0.39 is 0 Å². The number of thiocarbonyl (C=S) groups is 1. The predicted molar refractivity (Wildman–Crippen MR) is 157 cm³/mol. The molecule has 2 fully saturated rings. The maximum atomic E-state index is 5.91. The molecule has 2 N–H and O–H groups in total. The Hall–Kier alpha value is -2.94. The summed E-state index contributed by atoms with van der Waals surface area (Å²) in [4.78, 5) is 9.61. The number of ether oxygens (including phenoxy) is 1. The van der Waals surface area contributed by atoms with Crippen molar-refractivity contribution >= 4 is 23.0 Å². The van der Waals surface area contributed by atoms with Gasteiger partial charge in [0.1, 0.15) is 0 Å². The molecule has 2 aromatic heterocycles. The van der Waals surface area contributed by atoms with Gasteiger partial charge < -0.3 is 24.8 Å². The van der Waals surface area contributed by atoms with Crippen LogP contribution in [0.4, 0.5) is 5.69 Å². The number of pyridine rings is 1. The molecule has 2 saturated heterocycles. The van der Waals surface area contributed by atoms with Crippen molar-refractivity contribution < 1.29 is 4.74 Å². The van der Waals surface area contributed by atoms with Crippen LogP contribution in [0.5, 0.6) is 0 Å². The number of nitrogens with zero attached hydrogens (tertiary/aromatic N) is 4. The van der Waals surface area contributed by atoms with Crippen LogP contribution in [-0.2, 0) is 11.3 Å². The van der Waals surface area contributed by atoms with E-state index in [9.17, 15) is 0 Å². The first-order valence-electron chi connectivity index (χ1n) is 13.9. The van der Waals surface area contributed by atoms with Crippen LogP contribution in [0.3, 0.4) is 0 Å². The minimum absolute atomic E-state index is 0.0214. The SMILES string of the molecule is Cc1cc([C@H]2[C@@H](c3ccccn3)NC(=S)N2CCCNc2ccccc2)c(C)n1CCCN1CCOCC1. The van der Waals surface area contributed by atoms with E-state index in [1.54, 1.807) is 0 Å². The molecule has 2 aliphatic heterocycles. The monoisotopic (exact) mass is 532 g/mol. The van der Waals surface area contributed by atoms with Gasteiger partial charge in [-0.2, -0.15) is 0 Å². The highest BCUT2D eigenvalue weighted by Gasteiger charge is 2.41. The molecule has 0 unspecified atom stereocenters. The Labute approximate surface area is 232 Å². The van der Waals surface area contributed by atoms with E-state index in [2.05, 4.69) is 81.3 Å². The molecule has 1 aromatic carbocycles. The van der Waals surface area contributed by atoms with Gasteiger partial charge in [0.15, 0.2) is 5.11 Å². The van der Waals surface area contributed by atoms with Crippen LogP contribution < -0.4 is 10.6 Å². The van der Waals surface area contributed by atoms with Gasteiger partial charge >= 0.3 is 0 Å². The average Bonchev–Trinajstić information content (AvgIpc) is 3.43. The lowest BCUT2D eigenvalue weighted by atomic mass is 9.96. The molecule has 2 aliphatic rings. The van der Waals surface area contributed by atoms with Crippen molar-refractivity contribution in [1.82, 2.24) is 24.7 Å². The van der Waals surface area contributed by atoms with E-state index in [1.807, 2.05) is 18.3 Å². The Morgan fingerprint density at radius 2 is 1.79 bits per heavy atom. The molecular weight excluding hydrogens is 492 g/mol. The van der Waals surface area contributed by atoms with Crippen molar-refractivity contribution in [3.63, 3.8) is 0 Å². The van der Waals surface area contributed by atoms with Gasteiger partial charge in [-0.25, -0.2) is 0 Å². The number of aromatic nitrogens is 2. The largest absolute Gasteiger partial charge is 0.385 e. The Kier molecular flexibility index (Phi) is 8.94. The second-order valence-corrected chi connectivity index (χ2v) is 10.6. The summed E-state index contributed by atoms with van der Waals surface area (Å²) in [6, 6.07) is 19.0. The number of hydrogen-bond donors (Lipinski definition) is 2. The first-order chi connectivity index (χ1) is 18.6. The lowest BCUT2D eigenvalue weighted by Crippen LogP contribution is -2.37. The van der Waals surface area contributed by atoms with Gasteiger partial charge in [-0.15, -0.1) is 0 Å². The molecule has 38 heavy (non-hydrogen) atoms. The van der Waals surface area contributed by atoms with Crippen molar-refractivity contribution in [3.8, 4) is 0 Å². The van der Waals surface area contributed by atoms with Crippen LogP contribution in [0.25, 0.3) is 0 Å². The van der Waals surface area contributed by atoms with E-state index in [0.29, 0.717) is 0 Å². The maximum Gasteiger partial charge on any atom is 0.170 e. The quantitative estimate of drug-likeness (QED) is 0.274. The van der Waals surface area contributed by atoms with Gasteiger partial charge in [0.2, 0.25) is 0 Å². The lowest BCUT2D eigenvalue weighted by molar-refractivity contribution is 0.0369. The van der Waals surface area contributed by atoms with Gasteiger partial charge in [-0.05, 0) is 74.8 Å². The van der Waals surface area contributed by atoms with Crippen molar-refractivity contribution in [1.29, 1.82) is 0 Å². The molecule has 0 amide bonds. The highest BCUT2D eigenvalue weighted by atomic mass is 32.1. The smallest absolute Gasteiger partial charge is 0.170 e. The summed E-state index contributed by atoms with van der Waals surface area (Å²) < 4.78 is 8.00. The standard InChI is InChI=1S/C30H40N6OS/c1-23-22-26(24(2)35(23)17-9-15-34-18-20-37-21-19-34)29-28(27-12-6-7-13-32-27)33-30(38)36(29)16-8-14-31-25-10-4-3-5-11-25/h3-7,10-13,22,28-29,31H,8-9,14-21H2,1-2H3,(H,33,38)/t28-,29+/m1/s1. The number of benzene rings is 1. The summed E-state index contributed by atoms with van der Waals surface area (Å²) in [6.07, 6.45) is 3.99. The number of morpholine rings is 1. The van der Waals surface area contributed by atoms with Crippen LogP contribution in [0.2, 0.25) is 0 Å². The molecule has 0 radical (unpaired) electrons. The van der Waals surface area contributed by atoms with E-state index in [0.717, 1.165) is 81.8 Å². The molecule has 0 aliphatic carbocycles. The topological polar surface area (TPSA) is 57.6 Å². The number of nitrogens with one attached hydrogen (secondary N) is 2. The summed E-state index contributed by atoms with van der Waals surface area (Å²) in [5, 5.41) is 7.96. The van der Waals surface area contributed by atoms with Crippen LogP contribution in [0.15, 0.2) is 60.8 Å². The van der Waals surface area contributed by atoms with Gasteiger partial charge in [0.25, 0.3) is 0 Å². The van der Waals surface area contributed by atoms with Gasteiger partial charge in [0, 0.05) is 62.5 Å². The van der Waals surface area contributed by atoms with Gasteiger partial charge in [0.05, 0.1) is 31.0 Å². The third-order valence-electron chi connectivity index (χ3n) is 7.77. The summed E-state index contributed by atoms with van der Waals surface area (Å²) in [6.45, 7) is 12.2. The first-order valence-corrected chi connectivity index (χ1v) is 14.3.